The molecule has 1 N–H and O–H groups in total. The van der Waals surface area contributed by atoms with Crippen molar-refractivity contribution >= 4 is 74.9 Å². The highest BCUT2D eigenvalue weighted by atomic mass is 35.5. The highest BCUT2D eigenvalue weighted by molar-refractivity contribution is 7.14. The van der Waals surface area contributed by atoms with Gasteiger partial charge in [0.2, 0.25) is 5.91 Å². The van der Waals surface area contributed by atoms with Crippen LogP contribution < -0.4 is 5.32 Å². The molecule has 0 fully saturated rings. The summed E-state index contributed by atoms with van der Waals surface area (Å²) in [6.45, 7) is 0. The SMILES string of the molecule is O=C(C=Cc1ccc(Cl)cc1Cl)Nc1nc(-c2ccc(Cl)c(Cl)c2)cs1. The molecule has 0 aliphatic heterocycles. The maximum atomic E-state index is 12.1. The van der Waals surface area contributed by atoms with Crippen molar-refractivity contribution in [3.05, 3.63) is 73.5 Å². The van der Waals surface area contributed by atoms with Crippen molar-refractivity contribution < 1.29 is 4.79 Å². The topological polar surface area (TPSA) is 42.0 Å². The van der Waals surface area contributed by atoms with Crippen molar-refractivity contribution in [3.63, 3.8) is 0 Å². The number of hydrogen-bond acceptors (Lipinski definition) is 3. The molecular weight excluding hydrogens is 434 g/mol. The van der Waals surface area contributed by atoms with Gasteiger partial charge in [0.15, 0.2) is 5.13 Å². The Morgan fingerprint density at radius 1 is 1.00 bits per heavy atom. The third-order valence-electron chi connectivity index (χ3n) is 3.33. The van der Waals surface area contributed by atoms with Crippen LogP contribution in [0, 0.1) is 0 Å². The van der Waals surface area contributed by atoms with Crippen LogP contribution in [0.4, 0.5) is 5.13 Å². The van der Waals surface area contributed by atoms with Gasteiger partial charge in [0.1, 0.15) is 0 Å². The molecule has 0 aliphatic rings. The number of nitrogens with one attached hydrogen (secondary N) is 1. The molecule has 26 heavy (non-hydrogen) atoms. The standard InChI is InChI=1S/C18H10Cl4N2OS/c19-12-4-1-10(14(21)8-12)3-6-17(25)24-18-23-16(9-26-18)11-2-5-13(20)15(22)7-11/h1-9H,(H,23,24,25). The quantitative estimate of drug-likeness (QED) is 0.437. The summed E-state index contributed by atoms with van der Waals surface area (Å²) in [5, 5.41) is 6.95. The van der Waals surface area contributed by atoms with Gasteiger partial charge in [-0.2, -0.15) is 0 Å². The lowest BCUT2D eigenvalue weighted by molar-refractivity contribution is -0.111. The monoisotopic (exact) mass is 442 g/mol. The van der Waals surface area contributed by atoms with Gasteiger partial charge in [-0.15, -0.1) is 11.3 Å². The summed E-state index contributed by atoms with van der Waals surface area (Å²) >= 11 is 25.2. The number of rotatable bonds is 4. The summed E-state index contributed by atoms with van der Waals surface area (Å²) in [5.74, 6) is -0.314. The molecule has 8 heteroatoms. The van der Waals surface area contributed by atoms with E-state index in [4.69, 9.17) is 46.4 Å². The summed E-state index contributed by atoms with van der Waals surface area (Å²) in [4.78, 5) is 16.5. The Hall–Kier alpha value is -1.56. The molecule has 0 unspecified atom stereocenters. The molecule has 1 heterocycles. The molecule has 0 saturated carbocycles. The van der Waals surface area contributed by atoms with E-state index in [-0.39, 0.29) is 5.91 Å². The summed E-state index contributed by atoms with van der Waals surface area (Å²) in [5.41, 5.74) is 2.22. The number of anilines is 1. The Bertz CT molecular complexity index is 1000. The van der Waals surface area contributed by atoms with Crippen LogP contribution in [0.15, 0.2) is 47.9 Å². The van der Waals surface area contributed by atoms with Crippen LogP contribution in [0.1, 0.15) is 5.56 Å². The van der Waals surface area contributed by atoms with Crippen LogP contribution in [0.3, 0.4) is 0 Å². The van der Waals surface area contributed by atoms with Crippen LogP contribution in [0.2, 0.25) is 20.1 Å². The van der Waals surface area contributed by atoms with E-state index in [0.717, 1.165) is 5.56 Å². The van der Waals surface area contributed by atoms with Crippen molar-refractivity contribution in [1.29, 1.82) is 0 Å². The predicted molar refractivity (Wildman–Crippen MR) is 112 cm³/mol. The van der Waals surface area contributed by atoms with E-state index in [1.165, 1.54) is 17.4 Å². The molecule has 3 nitrogen and oxygen atoms in total. The lowest BCUT2D eigenvalue weighted by Crippen LogP contribution is -2.07. The molecule has 0 saturated heterocycles. The molecule has 3 aromatic rings. The lowest BCUT2D eigenvalue weighted by atomic mass is 10.2. The van der Waals surface area contributed by atoms with Crippen molar-refractivity contribution in [2.75, 3.05) is 5.32 Å². The zero-order chi connectivity index (χ0) is 18.7. The Kier molecular flexibility index (Phi) is 6.22. The first-order valence-electron chi connectivity index (χ1n) is 7.27. The number of hydrogen-bond donors (Lipinski definition) is 1. The van der Waals surface area contributed by atoms with E-state index in [1.807, 2.05) is 11.4 Å². The minimum atomic E-state index is -0.314. The first-order valence-corrected chi connectivity index (χ1v) is 9.66. The van der Waals surface area contributed by atoms with E-state index in [0.29, 0.717) is 36.5 Å². The number of benzene rings is 2. The molecule has 0 aliphatic carbocycles. The molecule has 1 aromatic heterocycles. The first-order chi connectivity index (χ1) is 12.4. The molecule has 0 radical (unpaired) electrons. The van der Waals surface area contributed by atoms with Crippen molar-refractivity contribution in [3.8, 4) is 11.3 Å². The molecule has 1 amide bonds. The van der Waals surface area contributed by atoms with E-state index in [1.54, 1.807) is 36.4 Å². The number of carbonyl (C=O) groups is 1. The largest absolute Gasteiger partial charge is 0.298 e. The van der Waals surface area contributed by atoms with Gasteiger partial charge in [0.25, 0.3) is 0 Å². The molecular formula is C18H10Cl4N2OS. The van der Waals surface area contributed by atoms with Gasteiger partial charge in [0, 0.05) is 27.1 Å². The Balaban J connectivity index is 1.69. The summed E-state index contributed by atoms with van der Waals surface area (Å²) in [6.07, 6.45) is 3.00. The Labute approximate surface area is 174 Å². The molecule has 0 bridgehead atoms. The van der Waals surface area contributed by atoms with Crippen molar-refractivity contribution in [1.82, 2.24) is 4.98 Å². The fourth-order valence-corrected chi connectivity index (χ4v) is 3.56. The smallest absolute Gasteiger partial charge is 0.250 e. The van der Waals surface area contributed by atoms with Gasteiger partial charge in [-0.05, 0) is 35.9 Å². The first kappa shape index (κ1) is 19.2. The minimum Gasteiger partial charge on any atom is -0.298 e. The summed E-state index contributed by atoms with van der Waals surface area (Å²) < 4.78 is 0. The van der Waals surface area contributed by atoms with Gasteiger partial charge in [-0.1, -0.05) is 58.5 Å². The van der Waals surface area contributed by atoms with Gasteiger partial charge >= 0.3 is 0 Å². The second-order valence-electron chi connectivity index (χ2n) is 5.16. The van der Waals surface area contributed by atoms with Gasteiger partial charge < -0.3 is 0 Å². The van der Waals surface area contributed by atoms with Crippen molar-refractivity contribution in [2.45, 2.75) is 0 Å². The fourth-order valence-electron chi connectivity index (χ4n) is 2.07. The van der Waals surface area contributed by atoms with Crippen LogP contribution >= 0.6 is 57.7 Å². The fraction of sp³-hybridized carbons (Fsp3) is 0. The number of nitrogens with zero attached hydrogens (tertiary/aromatic N) is 1. The predicted octanol–water partition coefficient (Wildman–Crippen LogP) is 7.08. The van der Waals surface area contributed by atoms with E-state index >= 15 is 0 Å². The zero-order valence-electron chi connectivity index (χ0n) is 13.0. The molecule has 0 spiro atoms. The normalized spacial score (nSPS) is 11.1. The number of halogens is 4. The van der Waals surface area contributed by atoms with Crippen LogP contribution in [0.25, 0.3) is 17.3 Å². The average molecular weight is 444 g/mol. The van der Waals surface area contributed by atoms with Crippen LogP contribution in [0.5, 0.6) is 0 Å². The van der Waals surface area contributed by atoms with Gasteiger partial charge in [0.05, 0.1) is 15.7 Å². The number of amides is 1. The summed E-state index contributed by atoms with van der Waals surface area (Å²) in [6, 6.07) is 10.3. The average Bonchev–Trinajstić information content (AvgIpc) is 3.05. The van der Waals surface area contributed by atoms with E-state index < -0.39 is 0 Å². The van der Waals surface area contributed by atoms with E-state index in [9.17, 15) is 4.79 Å². The van der Waals surface area contributed by atoms with Gasteiger partial charge in [-0.25, -0.2) is 4.98 Å². The molecule has 0 atom stereocenters. The molecule has 132 valence electrons. The second-order valence-corrected chi connectivity index (χ2v) is 7.67. The maximum Gasteiger partial charge on any atom is 0.250 e. The maximum absolute atomic E-state index is 12.1. The number of carbonyl (C=O) groups excluding carboxylic acids is 1. The number of aromatic nitrogens is 1. The van der Waals surface area contributed by atoms with Crippen molar-refractivity contribution in [2.24, 2.45) is 0 Å². The minimum absolute atomic E-state index is 0.314. The Morgan fingerprint density at radius 2 is 1.81 bits per heavy atom. The third-order valence-corrected chi connectivity index (χ3v) is 5.39. The highest BCUT2D eigenvalue weighted by Gasteiger charge is 2.08. The zero-order valence-corrected chi connectivity index (χ0v) is 16.8. The second kappa shape index (κ2) is 8.42. The Morgan fingerprint density at radius 3 is 2.54 bits per heavy atom. The van der Waals surface area contributed by atoms with E-state index in [2.05, 4.69) is 10.3 Å². The molecule has 3 rings (SSSR count). The highest BCUT2D eigenvalue weighted by Crippen LogP contribution is 2.30. The van der Waals surface area contributed by atoms with Crippen LogP contribution in [-0.4, -0.2) is 10.9 Å². The number of thiazole rings is 1. The lowest BCUT2D eigenvalue weighted by Gasteiger charge is -2.00. The van der Waals surface area contributed by atoms with Crippen LogP contribution in [-0.2, 0) is 4.79 Å². The molecule has 2 aromatic carbocycles. The summed E-state index contributed by atoms with van der Waals surface area (Å²) in [7, 11) is 0. The van der Waals surface area contributed by atoms with Gasteiger partial charge in [-0.3, -0.25) is 10.1 Å². The third kappa shape index (κ3) is 4.78.